The van der Waals surface area contributed by atoms with Crippen molar-refractivity contribution in [2.75, 3.05) is 6.61 Å². The quantitative estimate of drug-likeness (QED) is 0.379. The molecule has 0 spiro atoms. The summed E-state index contributed by atoms with van der Waals surface area (Å²) in [6.45, 7) is 8.20. The van der Waals surface area contributed by atoms with Crippen LogP contribution in [0.4, 0.5) is 0 Å². The molecule has 0 saturated carbocycles. The standard InChI is InChI=1S/C11H18O2/c1-5-10(6-2)9(4)8-11(12)13-7-3/h5,8H,6-7H2,1-4H3. The van der Waals surface area contributed by atoms with E-state index in [0.29, 0.717) is 6.61 Å². The molecular formula is C11H18O2. The Labute approximate surface area is 80.3 Å². The molecule has 0 aliphatic carbocycles. The summed E-state index contributed by atoms with van der Waals surface area (Å²) in [6, 6.07) is 0. The van der Waals surface area contributed by atoms with Gasteiger partial charge in [0, 0.05) is 6.08 Å². The van der Waals surface area contributed by atoms with Crippen LogP contribution in [0, 0.1) is 0 Å². The van der Waals surface area contributed by atoms with Crippen molar-refractivity contribution in [2.24, 2.45) is 0 Å². The molecule has 0 rings (SSSR count). The maximum atomic E-state index is 11.1. The Balaban J connectivity index is 4.38. The highest BCUT2D eigenvalue weighted by Gasteiger charge is 2.00. The van der Waals surface area contributed by atoms with Gasteiger partial charge in [-0.05, 0) is 38.3 Å². The van der Waals surface area contributed by atoms with Gasteiger partial charge in [-0.2, -0.15) is 0 Å². The fraction of sp³-hybridized carbons (Fsp3) is 0.545. The first-order chi connectivity index (χ1) is 6.15. The molecule has 2 nitrogen and oxygen atoms in total. The average Bonchev–Trinajstić information content (AvgIpc) is 2.06. The lowest BCUT2D eigenvalue weighted by Gasteiger charge is -2.03. The lowest BCUT2D eigenvalue weighted by atomic mass is 10.1. The van der Waals surface area contributed by atoms with E-state index >= 15 is 0 Å². The van der Waals surface area contributed by atoms with E-state index in [1.807, 2.05) is 19.9 Å². The molecule has 0 N–H and O–H groups in total. The van der Waals surface area contributed by atoms with Crippen molar-refractivity contribution in [3.05, 3.63) is 23.3 Å². The van der Waals surface area contributed by atoms with E-state index in [1.54, 1.807) is 13.0 Å². The second-order valence-corrected chi connectivity index (χ2v) is 2.75. The van der Waals surface area contributed by atoms with Crippen LogP contribution in [-0.4, -0.2) is 12.6 Å². The van der Waals surface area contributed by atoms with E-state index in [4.69, 9.17) is 4.74 Å². The van der Waals surface area contributed by atoms with Gasteiger partial charge < -0.3 is 4.74 Å². The predicted molar refractivity (Wildman–Crippen MR) is 54.4 cm³/mol. The molecule has 0 saturated heterocycles. The summed E-state index contributed by atoms with van der Waals surface area (Å²) in [7, 11) is 0. The third-order valence-electron chi connectivity index (χ3n) is 1.86. The summed E-state index contributed by atoms with van der Waals surface area (Å²) in [4.78, 5) is 11.1. The number of hydrogen-bond acceptors (Lipinski definition) is 2. The first-order valence-electron chi connectivity index (χ1n) is 4.66. The number of rotatable bonds is 4. The number of carbonyl (C=O) groups is 1. The minimum absolute atomic E-state index is 0.257. The van der Waals surface area contributed by atoms with E-state index in [-0.39, 0.29) is 5.97 Å². The molecule has 0 radical (unpaired) electrons. The highest BCUT2D eigenvalue weighted by atomic mass is 16.5. The summed E-state index contributed by atoms with van der Waals surface area (Å²) < 4.78 is 4.81. The topological polar surface area (TPSA) is 26.3 Å². The smallest absolute Gasteiger partial charge is 0.331 e. The van der Waals surface area contributed by atoms with Crippen LogP contribution in [0.25, 0.3) is 0 Å². The second kappa shape index (κ2) is 6.46. The van der Waals surface area contributed by atoms with Crippen LogP contribution in [0.1, 0.15) is 34.1 Å². The van der Waals surface area contributed by atoms with Gasteiger partial charge in [0.2, 0.25) is 0 Å². The number of carbonyl (C=O) groups excluding carboxylic acids is 1. The third-order valence-corrected chi connectivity index (χ3v) is 1.86. The van der Waals surface area contributed by atoms with Crippen LogP contribution in [0.3, 0.4) is 0 Å². The van der Waals surface area contributed by atoms with Crippen molar-refractivity contribution >= 4 is 5.97 Å². The molecule has 0 aromatic heterocycles. The molecule has 0 heterocycles. The molecule has 0 atom stereocenters. The first-order valence-corrected chi connectivity index (χ1v) is 4.66. The number of ether oxygens (including phenoxy) is 1. The first kappa shape index (κ1) is 11.9. The van der Waals surface area contributed by atoms with Gasteiger partial charge in [-0.3, -0.25) is 0 Å². The Hall–Kier alpha value is -1.05. The van der Waals surface area contributed by atoms with Crippen LogP contribution in [-0.2, 0) is 9.53 Å². The van der Waals surface area contributed by atoms with E-state index < -0.39 is 0 Å². The second-order valence-electron chi connectivity index (χ2n) is 2.75. The summed E-state index contributed by atoms with van der Waals surface area (Å²) in [6.07, 6.45) is 4.51. The minimum atomic E-state index is -0.257. The van der Waals surface area contributed by atoms with Gasteiger partial charge in [0.25, 0.3) is 0 Å². The molecule has 74 valence electrons. The van der Waals surface area contributed by atoms with E-state index in [0.717, 1.165) is 12.0 Å². The van der Waals surface area contributed by atoms with Crippen molar-refractivity contribution < 1.29 is 9.53 Å². The zero-order chi connectivity index (χ0) is 10.3. The van der Waals surface area contributed by atoms with Crippen LogP contribution in [0.2, 0.25) is 0 Å². The van der Waals surface area contributed by atoms with Crippen molar-refractivity contribution in [1.29, 1.82) is 0 Å². The molecule has 0 aromatic carbocycles. The lowest BCUT2D eigenvalue weighted by molar-refractivity contribution is -0.137. The van der Waals surface area contributed by atoms with Crippen molar-refractivity contribution in [1.82, 2.24) is 0 Å². The molecule has 0 aromatic rings. The summed E-state index contributed by atoms with van der Waals surface area (Å²) >= 11 is 0. The van der Waals surface area contributed by atoms with Gasteiger partial charge in [0.15, 0.2) is 0 Å². The van der Waals surface area contributed by atoms with Gasteiger partial charge in [-0.25, -0.2) is 4.79 Å². The van der Waals surface area contributed by atoms with Gasteiger partial charge in [0.1, 0.15) is 0 Å². The fourth-order valence-electron chi connectivity index (χ4n) is 1.16. The van der Waals surface area contributed by atoms with Gasteiger partial charge in [0.05, 0.1) is 6.61 Å². The zero-order valence-corrected chi connectivity index (χ0v) is 8.89. The van der Waals surface area contributed by atoms with Crippen LogP contribution < -0.4 is 0 Å². The molecule has 0 unspecified atom stereocenters. The molecule has 13 heavy (non-hydrogen) atoms. The molecule has 2 heteroatoms. The van der Waals surface area contributed by atoms with Crippen molar-refractivity contribution in [3.8, 4) is 0 Å². The Kier molecular flexibility index (Phi) is 5.94. The van der Waals surface area contributed by atoms with Crippen LogP contribution in [0.15, 0.2) is 23.3 Å². The summed E-state index contributed by atoms with van der Waals surface area (Å²) in [5.41, 5.74) is 2.18. The lowest BCUT2D eigenvalue weighted by Crippen LogP contribution is -2.01. The van der Waals surface area contributed by atoms with Crippen molar-refractivity contribution in [2.45, 2.75) is 34.1 Å². The summed E-state index contributed by atoms with van der Waals surface area (Å²) in [5.74, 6) is -0.257. The molecule has 0 aliphatic rings. The maximum Gasteiger partial charge on any atom is 0.331 e. The number of hydrogen-bond donors (Lipinski definition) is 0. The molecule has 0 aliphatic heterocycles. The van der Waals surface area contributed by atoms with Crippen LogP contribution >= 0.6 is 0 Å². The normalized spacial score (nSPS) is 12.9. The molecule has 0 amide bonds. The summed E-state index contributed by atoms with van der Waals surface area (Å²) in [5, 5.41) is 0. The number of allylic oxidation sites excluding steroid dienone is 3. The van der Waals surface area contributed by atoms with Crippen molar-refractivity contribution in [3.63, 3.8) is 0 Å². The van der Waals surface area contributed by atoms with Gasteiger partial charge in [-0.15, -0.1) is 0 Å². The highest BCUT2D eigenvalue weighted by Crippen LogP contribution is 2.12. The Bertz CT molecular complexity index is 224. The third kappa shape index (κ3) is 4.51. The van der Waals surface area contributed by atoms with E-state index in [1.165, 1.54) is 5.57 Å². The Morgan fingerprint density at radius 2 is 2.00 bits per heavy atom. The maximum absolute atomic E-state index is 11.1. The van der Waals surface area contributed by atoms with Gasteiger partial charge >= 0.3 is 5.97 Å². The molecule has 0 fully saturated rings. The minimum Gasteiger partial charge on any atom is -0.463 e. The highest BCUT2D eigenvalue weighted by molar-refractivity contribution is 5.83. The number of esters is 1. The van der Waals surface area contributed by atoms with Crippen LogP contribution in [0.5, 0.6) is 0 Å². The predicted octanol–water partition coefficient (Wildman–Crippen LogP) is 2.85. The Morgan fingerprint density at radius 3 is 2.38 bits per heavy atom. The molecule has 0 bridgehead atoms. The zero-order valence-electron chi connectivity index (χ0n) is 8.89. The van der Waals surface area contributed by atoms with Gasteiger partial charge in [-0.1, -0.05) is 13.0 Å². The molecular weight excluding hydrogens is 164 g/mol. The van der Waals surface area contributed by atoms with E-state index in [9.17, 15) is 4.79 Å². The Morgan fingerprint density at radius 1 is 1.38 bits per heavy atom. The fourth-order valence-corrected chi connectivity index (χ4v) is 1.16. The average molecular weight is 182 g/mol. The largest absolute Gasteiger partial charge is 0.463 e. The monoisotopic (exact) mass is 182 g/mol. The SMILES string of the molecule is CC=C(CC)C(C)=CC(=O)OCC. The van der Waals surface area contributed by atoms with E-state index in [2.05, 4.69) is 6.92 Å².